The van der Waals surface area contributed by atoms with Crippen LogP contribution in [0, 0.1) is 5.82 Å². The van der Waals surface area contributed by atoms with Gasteiger partial charge in [0.05, 0.1) is 0 Å². The Morgan fingerprint density at radius 1 is 0.933 bits per heavy atom. The van der Waals surface area contributed by atoms with E-state index >= 15 is 0 Å². The second kappa shape index (κ2) is 5.04. The Labute approximate surface area is 90.9 Å². The number of benzene rings is 2. The third kappa shape index (κ3) is 3.14. The van der Waals surface area contributed by atoms with Crippen molar-refractivity contribution < 1.29 is 4.39 Å². The van der Waals surface area contributed by atoms with Gasteiger partial charge in [-0.25, -0.2) is 4.39 Å². The Hall–Kier alpha value is -1.20. The summed E-state index contributed by atoms with van der Waals surface area (Å²) in [5, 5.41) is 1.32. The summed E-state index contributed by atoms with van der Waals surface area (Å²) >= 11 is 0. The zero-order valence-corrected chi connectivity index (χ0v) is 9.28. The average Bonchev–Trinajstić information content (AvgIpc) is 2.28. The molecular formula is C13H12FP. The maximum Gasteiger partial charge on any atom is 0.123 e. The lowest BCUT2D eigenvalue weighted by molar-refractivity contribution is 0.626. The topological polar surface area (TPSA) is 0 Å². The van der Waals surface area contributed by atoms with E-state index < -0.39 is 0 Å². The summed E-state index contributed by atoms with van der Waals surface area (Å²) in [6.45, 7) is 0. The minimum absolute atomic E-state index is 0.148. The van der Waals surface area contributed by atoms with Crippen LogP contribution in [0.3, 0.4) is 0 Å². The highest BCUT2D eigenvalue weighted by atomic mass is 31.1. The van der Waals surface area contributed by atoms with Crippen LogP contribution in [0.15, 0.2) is 54.6 Å². The third-order valence-corrected chi connectivity index (χ3v) is 3.49. The lowest BCUT2D eigenvalue weighted by Gasteiger charge is -2.02. The largest absolute Gasteiger partial charge is 0.207 e. The van der Waals surface area contributed by atoms with Gasteiger partial charge in [-0.3, -0.25) is 0 Å². The summed E-state index contributed by atoms with van der Waals surface area (Å²) in [4.78, 5) is 0. The van der Waals surface area contributed by atoms with E-state index in [-0.39, 0.29) is 5.82 Å². The highest BCUT2D eigenvalue weighted by Crippen LogP contribution is 2.18. The number of hydrogen-bond donors (Lipinski definition) is 0. The molecule has 0 amide bonds. The van der Waals surface area contributed by atoms with Crippen LogP contribution in [-0.4, -0.2) is 0 Å². The van der Waals surface area contributed by atoms with Crippen LogP contribution in [0.2, 0.25) is 0 Å². The molecule has 2 aromatic carbocycles. The van der Waals surface area contributed by atoms with Gasteiger partial charge in [-0.1, -0.05) is 51.0 Å². The summed E-state index contributed by atoms with van der Waals surface area (Å²) in [6, 6.07) is 17.1. The lowest BCUT2D eigenvalue weighted by Crippen LogP contribution is -1.92. The third-order valence-electron chi connectivity index (χ3n) is 2.16. The van der Waals surface area contributed by atoms with Crippen LogP contribution < -0.4 is 5.30 Å². The predicted octanol–water partition coefficient (Wildman–Crippen LogP) is 3.33. The zero-order valence-electron chi connectivity index (χ0n) is 8.28. The fraction of sp³-hybridized carbons (Fsp3) is 0.0769. The first-order chi connectivity index (χ1) is 7.34. The van der Waals surface area contributed by atoms with Crippen molar-refractivity contribution in [3.05, 3.63) is 66.0 Å². The van der Waals surface area contributed by atoms with E-state index in [0.717, 1.165) is 11.7 Å². The molecule has 0 heterocycles. The Kier molecular flexibility index (Phi) is 3.47. The van der Waals surface area contributed by atoms with Crippen molar-refractivity contribution in [2.75, 3.05) is 0 Å². The number of hydrogen-bond acceptors (Lipinski definition) is 0. The highest BCUT2D eigenvalue weighted by Gasteiger charge is 1.96. The molecule has 0 N–H and O–H groups in total. The summed E-state index contributed by atoms with van der Waals surface area (Å²) in [7, 11) is 0.712. The quantitative estimate of drug-likeness (QED) is 0.693. The van der Waals surface area contributed by atoms with Gasteiger partial charge in [0.1, 0.15) is 5.82 Å². The molecular weight excluding hydrogens is 206 g/mol. The Morgan fingerprint density at radius 3 is 2.47 bits per heavy atom. The van der Waals surface area contributed by atoms with Crippen molar-refractivity contribution >= 4 is 13.9 Å². The number of halogens is 1. The summed E-state index contributed by atoms with van der Waals surface area (Å²) in [5.74, 6) is -0.148. The van der Waals surface area contributed by atoms with E-state index in [4.69, 9.17) is 0 Å². The molecule has 0 spiro atoms. The minimum atomic E-state index is -0.148. The molecule has 1 atom stereocenters. The molecule has 0 aliphatic carbocycles. The van der Waals surface area contributed by atoms with Crippen LogP contribution in [0.4, 0.5) is 4.39 Å². The van der Waals surface area contributed by atoms with E-state index in [0.29, 0.717) is 8.58 Å². The normalized spacial score (nSPS) is 11.0. The smallest absolute Gasteiger partial charge is 0.123 e. The van der Waals surface area contributed by atoms with Crippen molar-refractivity contribution in [2.24, 2.45) is 0 Å². The van der Waals surface area contributed by atoms with Gasteiger partial charge in [-0.2, -0.15) is 0 Å². The van der Waals surface area contributed by atoms with E-state index in [2.05, 4.69) is 12.1 Å². The Bertz CT molecular complexity index is 426. The van der Waals surface area contributed by atoms with Crippen molar-refractivity contribution in [2.45, 2.75) is 6.16 Å². The van der Waals surface area contributed by atoms with Crippen LogP contribution >= 0.6 is 8.58 Å². The van der Waals surface area contributed by atoms with Crippen LogP contribution in [0.1, 0.15) is 5.56 Å². The Morgan fingerprint density at radius 2 is 1.73 bits per heavy atom. The summed E-state index contributed by atoms with van der Waals surface area (Å²) in [5.41, 5.74) is 1.07. The minimum Gasteiger partial charge on any atom is -0.207 e. The molecule has 0 nitrogen and oxygen atoms in total. The van der Waals surface area contributed by atoms with Crippen molar-refractivity contribution in [1.29, 1.82) is 0 Å². The van der Waals surface area contributed by atoms with Gasteiger partial charge in [0.2, 0.25) is 0 Å². The fourth-order valence-electron chi connectivity index (χ4n) is 1.41. The van der Waals surface area contributed by atoms with Crippen LogP contribution in [-0.2, 0) is 6.16 Å². The molecule has 0 saturated carbocycles. The van der Waals surface area contributed by atoms with E-state index in [1.54, 1.807) is 12.1 Å². The van der Waals surface area contributed by atoms with Gasteiger partial charge in [0.15, 0.2) is 0 Å². The number of rotatable bonds is 3. The molecule has 0 bridgehead atoms. The van der Waals surface area contributed by atoms with Crippen molar-refractivity contribution in [1.82, 2.24) is 0 Å². The molecule has 0 saturated heterocycles. The molecule has 0 aliphatic rings. The molecule has 0 aliphatic heterocycles. The molecule has 1 unspecified atom stereocenters. The lowest BCUT2D eigenvalue weighted by atomic mass is 10.2. The van der Waals surface area contributed by atoms with Gasteiger partial charge in [0.25, 0.3) is 0 Å². The van der Waals surface area contributed by atoms with E-state index in [9.17, 15) is 4.39 Å². The standard InChI is InChI=1S/C13H12FP/c14-12-6-4-5-11(9-12)10-15-13-7-2-1-3-8-13/h1-9,15H,10H2. The Balaban J connectivity index is 1.99. The SMILES string of the molecule is Fc1cccc(CPc2ccccc2)c1. The van der Waals surface area contributed by atoms with Crippen molar-refractivity contribution in [3.8, 4) is 0 Å². The first-order valence-corrected chi connectivity index (χ1v) is 6.09. The van der Waals surface area contributed by atoms with Gasteiger partial charge < -0.3 is 0 Å². The molecule has 0 fully saturated rings. The summed E-state index contributed by atoms with van der Waals surface area (Å²) in [6.07, 6.45) is 0.918. The summed E-state index contributed by atoms with van der Waals surface area (Å²) < 4.78 is 12.9. The van der Waals surface area contributed by atoms with Gasteiger partial charge in [0, 0.05) is 0 Å². The fourth-order valence-corrected chi connectivity index (χ4v) is 2.46. The maximum absolute atomic E-state index is 12.9. The van der Waals surface area contributed by atoms with E-state index in [1.807, 2.05) is 24.3 Å². The molecule has 15 heavy (non-hydrogen) atoms. The molecule has 76 valence electrons. The second-order valence-corrected chi connectivity index (χ2v) is 4.63. The highest BCUT2D eigenvalue weighted by molar-refractivity contribution is 7.46. The van der Waals surface area contributed by atoms with E-state index in [1.165, 1.54) is 11.4 Å². The molecule has 2 aromatic rings. The van der Waals surface area contributed by atoms with Crippen LogP contribution in [0.25, 0.3) is 0 Å². The zero-order chi connectivity index (χ0) is 10.5. The van der Waals surface area contributed by atoms with Crippen LogP contribution in [0.5, 0.6) is 0 Å². The van der Waals surface area contributed by atoms with Gasteiger partial charge in [-0.05, 0) is 29.2 Å². The van der Waals surface area contributed by atoms with Gasteiger partial charge >= 0.3 is 0 Å². The maximum atomic E-state index is 12.9. The average molecular weight is 218 g/mol. The second-order valence-electron chi connectivity index (χ2n) is 3.35. The van der Waals surface area contributed by atoms with Gasteiger partial charge in [-0.15, -0.1) is 0 Å². The molecule has 2 rings (SSSR count). The monoisotopic (exact) mass is 218 g/mol. The predicted molar refractivity (Wildman–Crippen MR) is 64.5 cm³/mol. The first-order valence-electron chi connectivity index (χ1n) is 4.88. The molecule has 2 heteroatoms. The van der Waals surface area contributed by atoms with Crippen molar-refractivity contribution in [3.63, 3.8) is 0 Å². The molecule has 0 aromatic heterocycles. The molecule has 0 radical (unpaired) electrons. The first kappa shape index (κ1) is 10.3.